The van der Waals surface area contributed by atoms with Crippen molar-refractivity contribution in [3.63, 3.8) is 0 Å². The highest BCUT2D eigenvalue weighted by Gasteiger charge is 2.19. The summed E-state index contributed by atoms with van der Waals surface area (Å²) >= 11 is 0. The first-order chi connectivity index (χ1) is 14.5. The molecule has 0 aromatic heterocycles. The Kier molecular flexibility index (Phi) is 14.6. The Balaban J connectivity index is 2.53. The lowest BCUT2D eigenvalue weighted by Gasteiger charge is -2.29. The Morgan fingerprint density at radius 1 is 0.733 bits per heavy atom. The SMILES string of the molecule is CCN(CC)CC(=O)N1CCOCCN(C(=O)CN(CCO)CCO)CCOCC1. The van der Waals surface area contributed by atoms with Crippen LogP contribution in [0.1, 0.15) is 13.8 Å². The minimum Gasteiger partial charge on any atom is -0.395 e. The van der Waals surface area contributed by atoms with Crippen molar-refractivity contribution in [2.75, 3.05) is 105 Å². The normalized spacial score (nSPS) is 17.1. The van der Waals surface area contributed by atoms with Gasteiger partial charge in [-0.05, 0) is 13.1 Å². The summed E-state index contributed by atoms with van der Waals surface area (Å²) in [6, 6.07) is 0. The third kappa shape index (κ3) is 10.6. The summed E-state index contributed by atoms with van der Waals surface area (Å²) in [5.74, 6) is -0.00944. The molecular weight excluding hydrogens is 392 g/mol. The molecule has 0 aliphatic carbocycles. The molecule has 0 aromatic rings. The maximum atomic E-state index is 12.6. The second kappa shape index (κ2) is 16.4. The Morgan fingerprint density at radius 2 is 1.10 bits per heavy atom. The van der Waals surface area contributed by atoms with Gasteiger partial charge in [0.25, 0.3) is 0 Å². The minimum atomic E-state index is -0.0859. The fourth-order valence-corrected chi connectivity index (χ4v) is 3.21. The summed E-state index contributed by atoms with van der Waals surface area (Å²) in [5.41, 5.74) is 0. The molecule has 10 heteroatoms. The van der Waals surface area contributed by atoms with E-state index in [1.807, 2.05) is 13.8 Å². The summed E-state index contributed by atoms with van der Waals surface area (Å²) in [6.45, 7) is 10.3. The van der Waals surface area contributed by atoms with Crippen molar-refractivity contribution in [1.82, 2.24) is 19.6 Å². The molecular formula is C20H40N4O6. The lowest BCUT2D eigenvalue weighted by molar-refractivity contribution is -0.135. The fraction of sp³-hybridized carbons (Fsp3) is 0.900. The number of carbonyl (C=O) groups excluding carboxylic acids is 2. The first-order valence-electron chi connectivity index (χ1n) is 10.9. The molecule has 1 fully saturated rings. The average molecular weight is 433 g/mol. The Morgan fingerprint density at radius 3 is 1.43 bits per heavy atom. The summed E-state index contributed by atoms with van der Waals surface area (Å²) < 4.78 is 11.4. The zero-order valence-electron chi connectivity index (χ0n) is 18.6. The Labute approximate surface area is 180 Å². The average Bonchev–Trinajstić information content (AvgIpc) is 2.72. The van der Waals surface area contributed by atoms with Crippen LogP contribution in [-0.2, 0) is 19.1 Å². The number of nitrogens with zero attached hydrogens (tertiary/aromatic N) is 4. The van der Waals surface area contributed by atoms with Crippen LogP contribution in [0, 0.1) is 0 Å². The van der Waals surface area contributed by atoms with Crippen molar-refractivity contribution >= 4 is 11.8 Å². The third-order valence-electron chi connectivity index (χ3n) is 5.17. The molecule has 0 radical (unpaired) electrons. The lowest BCUT2D eigenvalue weighted by atomic mass is 10.3. The number of carbonyl (C=O) groups is 2. The topological polar surface area (TPSA) is 106 Å². The molecule has 0 bridgehead atoms. The molecule has 0 atom stereocenters. The summed E-state index contributed by atoms with van der Waals surface area (Å²) in [6.07, 6.45) is 0. The van der Waals surface area contributed by atoms with Gasteiger partial charge in [-0.25, -0.2) is 0 Å². The number of hydrogen-bond donors (Lipinski definition) is 2. The van der Waals surface area contributed by atoms with E-state index in [0.29, 0.717) is 72.2 Å². The molecule has 0 unspecified atom stereocenters. The predicted octanol–water partition coefficient (Wildman–Crippen LogP) is -1.68. The van der Waals surface area contributed by atoms with Crippen LogP contribution in [0.25, 0.3) is 0 Å². The Hall–Kier alpha value is -1.30. The van der Waals surface area contributed by atoms with Crippen molar-refractivity contribution in [3.05, 3.63) is 0 Å². The number of hydrogen-bond acceptors (Lipinski definition) is 8. The summed E-state index contributed by atoms with van der Waals surface area (Å²) in [4.78, 5) is 32.5. The van der Waals surface area contributed by atoms with Gasteiger partial charge in [-0.3, -0.25) is 19.4 Å². The van der Waals surface area contributed by atoms with Gasteiger partial charge < -0.3 is 29.5 Å². The molecule has 2 amide bonds. The van der Waals surface area contributed by atoms with E-state index in [1.54, 1.807) is 14.7 Å². The second-order valence-corrected chi connectivity index (χ2v) is 7.17. The van der Waals surface area contributed by atoms with Gasteiger partial charge in [0.15, 0.2) is 0 Å². The lowest BCUT2D eigenvalue weighted by Crippen LogP contribution is -2.46. The van der Waals surface area contributed by atoms with Gasteiger partial charge in [-0.15, -0.1) is 0 Å². The van der Waals surface area contributed by atoms with Crippen LogP contribution in [0.5, 0.6) is 0 Å². The molecule has 176 valence electrons. The smallest absolute Gasteiger partial charge is 0.236 e. The molecule has 1 aliphatic rings. The van der Waals surface area contributed by atoms with Crippen molar-refractivity contribution in [2.24, 2.45) is 0 Å². The van der Waals surface area contributed by atoms with Crippen molar-refractivity contribution in [1.29, 1.82) is 0 Å². The number of likely N-dealkylation sites (N-methyl/N-ethyl adjacent to an activating group) is 1. The van der Waals surface area contributed by atoms with Crippen LogP contribution in [0.4, 0.5) is 0 Å². The highest BCUT2D eigenvalue weighted by Crippen LogP contribution is 2.00. The van der Waals surface area contributed by atoms with Gasteiger partial charge in [0.2, 0.25) is 11.8 Å². The Bertz CT molecular complexity index is 458. The highest BCUT2D eigenvalue weighted by molar-refractivity contribution is 5.78. The van der Waals surface area contributed by atoms with E-state index in [1.165, 1.54) is 0 Å². The van der Waals surface area contributed by atoms with Gasteiger partial charge in [0, 0.05) is 39.3 Å². The van der Waals surface area contributed by atoms with E-state index in [-0.39, 0.29) is 31.6 Å². The van der Waals surface area contributed by atoms with Crippen LogP contribution in [0.2, 0.25) is 0 Å². The van der Waals surface area contributed by atoms with E-state index in [4.69, 9.17) is 19.7 Å². The van der Waals surface area contributed by atoms with Crippen LogP contribution in [-0.4, -0.2) is 147 Å². The first-order valence-corrected chi connectivity index (χ1v) is 10.9. The third-order valence-corrected chi connectivity index (χ3v) is 5.17. The molecule has 30 heavy (non-hydrogen) atoms. The van der Waals surface area contributed by atoms with Crippen LogP contribution in [0.15, 0.2) is 0 Å². The number of amides is 2. The number of aliphatic hydroxyl groups is 2. The zero-order chi connectivity index (χ0) is 22.2. The van der Waals surface area contributed by atoms with Gasteiger partial charge in [-0.1, -0.05) is 13.8 Å². The van der Waals surface area contributed by atoms with Crippen LogP contribution >= 0.6 is 0 Å². The van der Waals surface area contributed by atoms with E-state index in [0.717, 1.165) is 13.1 Å². The molecule has 1 rings (SSSR count). The van der Waals surface area contributed by atoms with Crippen molar-refractivity contribution in [2.45, 2.75) is 13.8 Å². The van der Waals surface area contributed by atoms with E-state index >= 15 is 0 Å². The molecule has 1 saturated heterocycles. The number of rotatable bonds is 10. The first kappa shape index (κ1) is 26.7. The standard InChI is InChI=1S/C20H40N4O6/c1-3-21(4-2)17-19(27)23-7-13-29-15-9-24(10-16-30-14-8-23)20(28)18-22(5-11-25)6-12-26/h25-26H,3-18H2,1-2H3. The van der Waals surface area contributed by atoms with Crippen molar-refractivity contribution in [3.8, 4) is 0 Å². The molecule has 0 spiro atoms. The second-order valence-electron chi connectivity index (χ2n) is 7.17. The number of ether oxygens (including phenoxy) is 2. The van der Waals surface area contributed by atoms with Crippen LogP contribution in [0.3, 0.4) is 0 Å². The minimum absolute atomic E-state index is 0.0665. The molecule has 1 heterocycles. The van der Waals surface area contributed by atoms with E-state index < -0.39 is 0 Å². The maximum Gasteiger partial charge on any atom is 0.236 e. The quantitative estimate of drug-likeness (QED) is 0.422. The van der Waals surface area contributed by atoms with Gasteiger partial charge in [0.1, 0.15) is 0 Å². The summed E-state index contributed by atoms with van der Waals surface area (Å²) in [7, 11) is 0. The van der Waals surface area contributed by atoms with E-state index in [2.05, 4.69) is 4.90 Å². The zero-order valence-corrected chi connectivity index (χ0v) is 18.6. The fourth-order valence-electron chi connectivity index (χ4n) is 3.21. The summed E-state index contributed by atoms with van der Waals surface area (Å²) in [5, 5.41) is 18.2. The van der Waals surface area contributed by atoms with Gasteiger partial charge >= 0.3 is 0 Å². The molecule has 0 saturated carbocycles. The van der Waals surface area contributed by atoms with Gasteiger partial charge in [-0.2, -0.15) is 0 Å². The van der Waals surface area contributed by atoms with Crippen molar-refractivity contribution < 1.29 is 29.3 Å². The molecule has 2 N–H and O–H groups in total. The largest absolute Gasteiger partial charge is 0.395 e. The van der Waals surface area contributed by atoms with E-state index in [9.17, 15) is 9.59 Å². The van der Waals surface area contributed by atoms with Gasteiger partial charge in [0.05, 0.1) is 52.7 Å². The molecule has 0 aromatic carbocycles. The molecule has 10 nitrogen and oxygen atoms in total. The van der Waals surface area contributed by atoms with Crippen LogP contribution < -0.4 is 0 Å². The highest BCUT2D eigenvalue weighted by atomic mass is 16.5. The maximum absolute atomic E-state index is 12.6. The monoisotopic (exact) mass is 432 g/mol. The predicted molar refractivity (Wildman–Crippen MR) is 113 cm³/mol. The number of aliphatic hydroxyl groups excluding tert-OH is 2. The molecule has 1 aliphatic heterocycles.